The van der Waals surface area contributed by atoms with Crippen molar-refractivity contribution in [3.8, 4) is 0 Å². The molecule has 0 saturated carbocycles. The number of nitrogens with one attached hydrogen (secondary N) is 4. The Hall–Kier alpha value is -3.18. The van der Waals surface area contributed by atoms with Crippen LogP contribution in [0.25, 0.3) is 0 Å². The molecular formula is C21H32N6O5. The highest BCUT2D eigenvalue weighted by molar-refractivity contribution is 5.94. The molecule has 1 fully saturated rings. The van der Waals surface area contributed by atoms with Crippen LogP contribution in [0, 0.1) is 5.41 Å². The number of nitrogens with two attached hydrogens (primary N) is 1. The third-order valence-corrected chi connectivity index (χ3v) is 5.13. The molecule has 0 bridgehead atoms. The van der Waals surface area contributed by atoms with Gasteiger partial charge in [0.2, 0.25) is 11.8 Å². The number of ether oxygens (including phenoxy) is 1. The van der Waals surface area contributed by atoms with Crippen LogP contribution in [0.1, 0.15) is 30.9 Å². The summed E-state index contributed by atoms with van der Waals surface area (Å²) in [6, 6.07) is 6.01. The molecule has 2 rings (SSSR count). The molecule has 1 atom stereocenters. The Morgan fingerprint density at radius 1 is 1.25 bits per heavy atom. The summed E-state index contributed by atoms with van der Waals surface area (Å²) in [5.41, 5.74) is 6.88. The first-order valence-electron chi connectivity index (χ1n) is 10.6. The van der Waals surface area contributed by atoms with Crippen LogP contribution < -0.4 is 21.7 Å². The zero-order valence-corrected chi connectivity index (χ0v) is 18.2. The molecule has 32 heavy (non-hydrogen) atoms. The average molecular weight is 449 g/mol. The first kappa shape index (κ1) is 25.1. The molecule has 11 heteroatoms. The normalized spacial score (nSPS) is 15.0. The lowest BCUT2D eigenvalue weighted by Gasteiger charge is -2.31. The van der Waals surface area contributed by atoms with E-state index in [4.69, 9.17) is 15.9 Å². The van der Waals surface area contributed by atoms with E-state index in [0.717, 1.165) is 5.56 Å². The minimum atomic E-state index is -0.872. The molecule has 1 unspecified atom stereocenters. The van der Waals surface area contributed by atoms with E-state index < -0.39 is 18.6 Å². The van der Waals surface area contributed by atoms with Gasteiger partial charge in [-0.05, 0) is 25.3 Å². The van der Waals surface area contributed by atoms with Crippen LogP contribution in [0.2, 0.25) is 0 Å². The summed E-state index contributed by atoms with van der Waals surface area (Å²) in [6.07, 6.45) is 0.880. The number of aliphatic hydroxyl groups is 1. The molecule has 1 saturated heterocycles. The van der Waals surface area contributed by atoms with Crippen molar-refractivity contribution in [2.24, 2.45) is 5.73 Å². The lowest BCUT2D eigenvalue weighted by atomic mass is 10.1. The van der Waals surface area contributed by atoms with Crippen LogP contribution in [0.15, 0.2) is 24.3 Å². The van der Waals surface area contributed by atoms with Crippen molar-refractivity contribution in [1.29, 1.82) is 5.41 Å². The Morgan fingerprint density at radius 3 is 2.47 bits per heavy atom. The Labute approximate surface area is 187 Å². The van der Waals surface area contributed by atoms with Gasteiger partial charge in [-0.3, -0.25) is 20.3 Å². The van der Waals surface area contributed by atoms with Crippen molar-refractivity contribution < 1.29 is 24.2 Å². The quantitative estimate of drug-likeness (QED) is 0.202. The molecule has 1 heterocycles. The topological polar surface area (TPSA) is 170 Å². The number of hydrogen-bond acceptors (Lipinski definition) is 7. The number of nitrogen functional groups attached to an aromatic ring is 1. The number of amides is 3. The van der Waals surface area contributed by atoms with Crippen LogP contribution in [-0.4, -0.2) is 78.7 Å². The summed E-state index contributed by atoms with van der Waals surface area (Å²) in [5, 5.41) is 25.2. The van der Waals surface area contributed by atoms with Gasteiger partial charge in [0.05, 0.1) is 19.8 Å². The molecule has 0 spiro atoms. The SMILES string of the molecule is CCOC(=O)N1CCC(NC(=O)CNC(=O)C(CO)NCc2ccc(C(=N)N)cc2)CC1. The molecule has 0 radical (unpaired) electrons. The molecule has 7 N–H and O–H groups in total. The predicted octanol–water partition coefficient (Wildman–Crippen LogP) is -0.726. The molecule has 1 aliphatic rings. The standard InChI is InChI=1S/C21H32N6O5/c1-2-32-21(31)27-9-7-16(8-10-27)26-18(29)12-25-20(30)17(13-28)24-11-14-3-5-15(6-4-14)19(22)23/h3-6,16-17,24,28H,2,7-13H2,1H3,(H3,22,23)(H,25,30)(H,26,29). The molecule has 11 nitrogen and oxygen atoms in total. The van der Waals surface area contributed by atoms with Gasteiger partial charge in [0, 0.05) is 31.2 Å². The van der Waals surface area contributed by atoms with E-state index in [1.54, 1.807) is 36.1 Å². The summed E-state index contributed by atoms with van der Waals surface area (Å²) in [4.78, 5) is 37.8. The van der Waals surface area contributed by atoms with Gasteiger partial charge < -0.3 is 31.1 Å². The molecule has 3 amide bonds. The van der Waals surface area contributed by atoms with Crippen LogP contribution >= 0.6 is 0 Å². The van der Waals surface area contributed by atoms with E-state index in [0.29, 0.717) is 44.6 Å². The van der Waals surface area contributed by atoms with Crippen LogP contribution in [-0.2, 0) is 20.9 Å². The van der Waals surface area contributed by atoms with Crippen LogP contribution in [0.3, 0.4) is 0 Å². The van der Waals surface area contributed by atoms with Crippen molar-refractivity contribution in [1.82, 2.24) is 20.9 Å². The number of amidine groups is 1. The summed E-state index contributed by atoms with van der Waals surface area (Å²) >= 11 is 0. The zero-order valence-electron chi connectivity index (χ0n) is 18.2. The second-order valence-corrected chi connectivity index (χ2v) is 7.47. The fourth-order valence-electron chi connectivity index (χ4n) is 3.27. The highest BCUT2D eigenvalue weighted by Crippen LogP contribution is 2.11. The number of carbonyl (C=O) groups is 3. The third kappa shape index (κ3) is 7.82. The fourth-order valence-corrected chi connectivity index (χ4v) is 3.27. The molecule has 1 aromatic rings. The number of aliphatic hydroxyl groups excluding tert-OH is 1. The van der Waals surface area contributed by atoms with Gasteiger partial charge in [-0.2, -0.15) is 0 Å². The Morgan fingerprint density at radius 2 is 1.91 bits per heavy atom. The van der Waals surface area contributed by atoms with Crippen molar-refractivity contribution >= 4 is 23.7 Å². The first-order chi connectivity index (χ1) is 15.3. The summed E-state index contributed by atoms with van der Waals surface area (Å²) in [7, 11) is 0. The summed E-state index contributed by atoms with van der Waals surface area (Å²) in [6.45, 7) is 2.77. The number of benzene rings is 1. The largest absolute Gasteiger partial charge is 0.450 e. The second-order valence-electron chi connectivity index (χ2n) is 7.47. The minimum Gasteiger partial charge on any atom is -0.450 e. The van der Waals surface area contributed by atoms with E-state index in [-0.39, 0.29) is 30.4 Å². The molecule has 0 aromatic heterocycles. The van der Waals surface area contributed by atoms with Gasteiger partial charge in [0.25, 0.3) is 0 Å². The zero-order chi connectivity index (χ0) is 23.5. The maximum atomic E-state index is 12.3. The maximum Gasteiger partial charge on any atom is 0.409 e. The first-order valence-corrected chi connectivity index (χ1v) is 10.6. The van der Waals surface area contributed by atoms with Gasteiger partial charge in [0.15, 0.2) is 0 Å². The fraction of sp³-hybridized carbons (Fsp3) is 0.524. The predicted molar refractivity (Wildman–Crippen MR) is 118 cm³/mol. The molecule has 176 valence electrons. The Balaban J connectivity index is 1.70. The Bertz CT molecular complexity index is 792. The lowest BCUT2D eigenvalue weighted by Crippen LogP contribution is -2.51. The number of likely N-dealkylation sites (tertiary alicyclic amines) is 1. The summed E-state index contributed by atoms with van der Waals surface area (Å²) in [5.74, 6) is -0.843. The highest BCUT2D eigenvalue weighted by atomic mass is 16.6. The van der Waals surface area contributed by atoms with Crippen molar-refractivity contribution in [3.05, 3.63) is 35.4 Å². The third-order valence-electron chi connectivity index (χ3n) is 5.13. The van der Waals surface area contributed by atoms with E-state index >= 15 is 0 Å². The number of hydrogen-bond donors (Lipinski definition) is 6. The van der Waals surface area contributed by atoms with Crippen LogP contribution in [0.5, 0.6) is 0 Å². The van der Waals surface area contributed by atoms with E-state index in [2.05, 4.69) is 16.0 Å². The maximum absolute atomic E-state index is 12.3. The molecule has 0 aliphatic carbocycles. The van der Waals surface area contributed by atoms with Crippen molar-refractivity contribution in [2.75, 3.05) is 32.8 Å². The van der Waals surface area contributed by atoms with Crippen molar-refractivity contribution in [3.63, 3.8) is 0 Å². The van der Waals surface area contributed by atoms with E-state index in [9.17, 15) is 19.5 Å². The number of piperidine rings is 1. The number of nitrogens with zero attached hydrogens (tertiary/aromatic N) is 1. The number of carbonyl (C=O) groups excluding carboxylic acids is 3. The summed E-state index contributed by atoms with van der Waals surface area (Å²) < 4.78 is 4.97. The minimum absolute atomic E-state index is 0.0278. The smallest absolute Gasteiger partial charge is 0.409 e. The van der Waals surface area contributed by atoms with Gasteiger partial charge in [0.1, 0.15) is 11.9 Å². The number of rotatable bonds is 10. The Kier molecular flexibility index (Phi) is 9.89. The van der Waals surface area contributed by atoms with Crippen molar-refractivity contribution in [2.45, 2.75) is 38.4 Å². The van der Waals surface area contributed by atoms with Gasteiger partial charge in [-0.25, -0.2) is 4.79 Å². The highest BCUT2D eigenvalue weighted by Gasteiger charge is 2.25. The van der Waals surface area contributed by atoms with E-state index in [1.807, 2.05) is 0 Å². The van der Waals surface area contributed by atoms with E-state index in [1.165, 1.54) is 0 Å². The van der Waals surface area contributed by atoms with Gasteiger partial charge in [-0.15, -0.1) is 0 Å². The molecule has 1 aromatic carbocycles. The average Bonchev–Trinajstić information content (AvgIpc) is 2.79. The monoisotopic (exact) mass is 448 g/mol. The van der Waals surface area contributed by atoms with Crippen LogP contribution in [0.4, 0.5) is 4.79 Å². The molecular weight excluding hydrogens is 416 g/mol. The lowest BCUT2D eigenvalue weighted by molar-refractivity contribution is -0.128. The van der Waals surface area contributed by atoms with Gasteiger partial charge >= 0.3 is 6.09 Å². The molecule has 1 aliphatic heterocycles. The van der Waals surface area contributed by atoms with Gasteiger partial charge in [-0.1, -0.05) is 24.3 Å². The second kappa shape index (κ2) is 12.6.